The van der Waals surface area contributed by atoms with Gasteiger partial charge < -0.3 is 20.9 Å². The molecule has 4 N–H and O–H groups in total. The maximum Gasteiger partial charge on any atom is 0.168 e. The Bertz CT molecular complexity index is 313. The topological polar surface area (TPSA) is 70.5 Å². The van der Waals surface area contributed by atoms with Gasteiger partial charge in [0.1, 0.15) is 11.4 Å². The molecule has 0 spiro atoms. The van der Waals surface area contributed by atoms with Gasteiger partial charge in [-0.2, -0.15) is 0 Å². The Morgan fingerprint density at radius 1 is 1.07 bits per heavy atom. The van der Waals surface area contributed by atoms with Crippen LogP contribution in [0.25, 0.3) is 0 Å². The minimum absolute atomic E-state index is 0.466. The highest BCUT2D eigenvalue weighted by molar-refractivity contribution is 5.73. The van der Waals surface area contributed by atoms with Crippen LogP contribution in [0.5, 0.6) is 11.5 Å². The summed E-state index contributed by atoms with van der Waals surface area (Å²) in [5.41, 5.74) is 12.5. The van der Waals surface area contributed by atoms with E-state index < -0.39 is 0 Å². The van der Waals surface area contributed by atoms with Crippen molar-refractivity contribution in [2.45, 2.75) is 13.8 Å². The van der Waals surface area contributed by atoms with Gasteiger partial charge in [-0.15, -0.1) is 0 Å². The first-order chi connectivity index (χ1) is 6.70. The van der Waals surface area contributed by atoms with Crippen LogP contribution in [0.4, 0.5) is 11.4 Å². The van der Waals surface area contributed by atoms with Crippen LogP contribution in [0, 0.1) is 0 Å². The molecule has 78 valence electrons. The Morgan fingerprint density at radius 2 is 1.71 bits per heavy atom. The number of anilines is 2. The third kappa shape index (κ3) is 2.02. The number of ether oxygens (including phenoxy) is 2. The van der Waals surface area contributed by atoms with Crippen molar-refractivity contribution in [3.63, 3.8) is 0 Å². The number of nitrogens with two attached hydrogens (primary N) is 2. The van der Waals surface area contributed by atoms with Crippen molar-refractivity contribution in [1.29, 1.82) is 0 Å². The summed E-state index contributed by atoms with van der Waals surface area (Å²) in [6, 6.07) is 3.48. The Labute approximate surface area is 83.8 Å². The van der Waals surface area contributed by atoms with Crippen molar-refractivity contribution in [3.05, 3.63) is 12.1 Å². The largest absolute Gasteiger partial charge is 0.492 e. The molecule has 0 heterocycles. The first kappa shape index (κ1) is 10.5. The number of hydrogen-bond donors (Lipinski definition) is 2. The highest BCUT2D eigenvalue weighted by Gasteiger charge is 2.10. The van der Waals surface area contributed by atoms with E-state index in [1.54, 1.807) is 12.1 Å². The molecule has 0 atom stereocenters. The summed E-state index contributed by atoms with van der Waals surface area (Å²) in [6.45, 7) is 4.88. The SMILES string of the molecule is CCOc1ccc(N)c(OCC)c1N. The van der Waals surface area contributed by atoms with E-state index in [-0.39, 0.29) is 0 Å². The second-order valence-corrected chi connectivity index (χ2v) is 2.76. The first-order valence-corrected chi connectivity index (χ1v) is 4.64. The van der Waals surface area contributed by atoms with Crippen LogP contribution in [0.15, 0.2) is 12.1 Å². The molecule has 4 heteroatoms. The van der Waals surface area contributed by atoms with Crippen LogP contribution >= 0.6 is 0 Å². The summed E-state index contributed by atoms with van der Waals surface area (Å²) >= 11 is 0. The molecule has 0 bridgehead atoms. The molecule has 0 amide bonds. The highest BCUT2D eigenvalue weighted by Crippen LogP contribution is 2.36. The van der Waals surface area contributed by atoms with E-state index in [9.17, 15) is 0 Å². The van der Waals surface area contributed by atoms with Gasteiger partial charge in [-0.3, -0.25) is 0 Å². The molecule has 0 saturated carbocycles. The summed E-state index contributed by atoms with van der Waals surface area (Å²) < 4.78 is 10.6. The van der Waals surface area contributed by atoms with E-state index >= 15 is 0 Å². The van der Waals surface area contributed by atoms with Crippen molar-refractivity contribution in [2.24, 2.45) is 0 Å². The lowest BCUT2D eigenvalue weighted by Gasteiger charge is -2.13. The number of hydrogen-bond acceptors (Lipinski definition) is 4. The molecule has 14 heavy (non-hydrogen) atoms. The maximum absolute atomic E-state index is 5.83. The molecule has 0 radical (unpaired) electrons. The van der Waals surface area contributed by atoms with E-state index in [2.05, 4.69) is 0 Å². The molecule has 0 aliphatic heterocycles. The minimum atomic E-state index is 0.466. The summed E-state index contributed by atoms with van der Waals surface area (Å²) in [5, 5.41) is 0. The number of benzene rings is 1. The van der Waals surface area contributed by atoms with Gasteiger partial charge in [0.05, 0.1) is 18.9 Å². The zero-order chi connectivity index (χ0) is 10.6. The average molecular weight is 196 g/mol. The van der Waals surface area contributed by atoms with Crippen molar-refractivity contribution in [2.75, 3.05) is 24.7 Å². The standard InChI is InChI=1S/C10H16N2O2/c1-3-13-8-6-5-7(11)10(9(8)12)14-4-2/h5-6H,3-4,11-12H2,1-2H3. The highest BCUT2D eigenvalue weighted by atomic mass is 16.5. The summed E-state index contributed by atoms with van der Waals surface area (Å²) in [4.78, 5) is 0. The van der Waals surface area contributed by atoms with Gasteiger partial charge in [-0.1, -0.05) is 0 Å². The zero-order valence-corrected chi connectivity index (χ0v) is 8.54. The first-order valence-electron chi connectivity index (χ1n) is 4.64. The summed E-state index contributed by atoms with van der Waals surface area (Å²) in [5.74, 6) is 1.13. The van der Waals surface area contributed by atoms with E-state index in [0.717, 1.165) is 0 Å². The molecular weight excluding hydrogens is 180 g/mol. The zero-order valence-electron chi connectivity index (χ0n) is 8.54. The number of nitrogen functional groups attached to an aromatic ring is 2. The summed E-state index contributed by atoms with van der Waals surface area (Å²) in [6.07, 6.45) is 0. The maximum atomic E-state index is 5.83. The third-order valence-corrected chi connectivity index (χ3v) is 1.78. The van der Waals surface area contributed by atoms with Crippen molar-refractivity contribution in [1.82, 2.24) is 0 Å². The van der Waals surface area contributed by atoms with E-state index in [4.69, 9.17) is 20.9 Å². The molecule has 1 aromatic carbocycles. The molecule has 4 nitrogen and oxygen atoms in total. The Morgan fingerprint density at radius 3 is 2.29 bits per heavy atom. The lowest BCUT2D eigenvalue weighted by Crippen LogP contribution is -2.04. The predicted octanol–water partition coefficient (Wildman–Crippen LogP) is 1.65. The van der Waals surface area contributed by atoms with Crippen molar-refractivity contribution in [3.8, 4) is 11.5 Å². The smallest absolute Gasteiger partial charge is 0.168 e. The molecule has 0 saturated heterocycles. The average Bonchev–Trinajstić information content (AvgIpc) is 2.17. The second-order valence-electron chi connectivity index (χ2n) is 2.76. The van der Waals surface area contributed by atoms with E-state index in [1.165, 1.54) is 0 Å². The molecular formula is C10H16N2O2. The third-order valence-electron chi connectivity index (χ3n) is 1.78. The minimum Gasteiger partial charge on any atom is -0.492 e. The van der Waals surface area contributed by atoms with Crippen LogP contribution in [-0.2, 0) is 0 Å². The van der Waals surface area contributed by atoms with Gasteiger partial charge >= 0.3 is 0 Å². The van der Waals surface area contributed by atoms with Gasteiger partial charge in [-0.05, 0) is 26.0 Å². The Kier molecular flexibility index (Phi) is 3.45. The van der Waals surface area contributed by atoms with Crippen LogP contribution in [-0.4, -0.2) is 13.2 Å². The summed E-state index contributed by atoms with van der Waals surface area (Å²) in [7, 11) is 0. The van der Waals surface area contributed by atoms with Gasteiger partial charge in [0.15, 0.2) is 5.75 Å². The van der Waals surface area contributed by atoms with Crippen LogP contribution in [0.2, 0.25) is 0 Å². The van der Waals surface area contributed by atoms with E-state index in [0.29, 0.717) is 36.1 Å². The lowest BCUT2D eigenvalue weighted by molar-refractivity contribution is 0.327. The van der Waals surface area contributed by atoms with Crippen LogP contribution in [0.3, 0.4) is 0 Å². The van der Waals surface area contributed by atoms with Crippen LogP contribution in [0.1, 0.15) is 13.8 Å². The van der Waals surface area contributed by atoms with Gasteiger partial charge in [0.25, 0.3) is 0 Å². The Hall–Kier alpha value is -1.58. The van der Waals surface area contributed by atoms with Gasteiger partial charge in [0.2, 0.25) is 0 Å². The normalized spacial score (nSPS) is 9.86. The van der Waals surface area contributed by atoms with E-state index in [1.807, 2.05) is 13.8 Å². The van der Waals surface area contributed by atoms with Crippen molar-refractivity contribution >= 4 is 11.4 Å². The molecule has 1 aromatic rings. The fourth-order valence-electron chi connectivity index (χ4n) is 1.19. The molecule has 0 aromatic heterocycles. The fraction of sp³-hybridized carbons (Fsp3) is 0.400. The predicted molar refractivity (Wildman–Crippen MR) is 57.6 cm³/mol. The second kappa shape index (κ2) is 4.60. The molecule has 0 aliphatic rings. The van der Waals surface area contributed by atoms with Crippen LogP contribution < -0.4 is 20.9 Å². The van der Waals surface area contributed by atoms with Gasteiger partial charge in [0, 0.05) is 0 Å². The molecule has 0 fully saturated rings. The van der Waals surface area contributed by atoms with Crippen molar-refractivity contribution < 1.29 is 9.47 Å². The molecule has 0 aliphatic carbocycles. The fourth-order valence-corrected chi connectivity index (χ4v) is 1.19. The molecule has 1 rings (SSSR count). The molecule has 0 unspecified atom stereocenters. The Balaban J connectivity index is 3.05. The van der Waals surface area contributed by atoms with Gasteiger partial charge in [-0.25, -0.2) is 0 Å². The quantitative estimate of drug-likeness (QED) is 0.718. The number of rotatable bonds is 4. The monoisotopic (exact) mass is 196 g/mol. The lowest BCUT2D eigenvalue weighted by atomic mass is 10.2.